The third kappa shape index (κ3) is 2.61. The average Bonchev–Trinajstić information content (AvgIpc) is 3.11. The Labute approximate surface area is 180 Å². The Morgan fingerprint density at radius 1 is 1.03 bits per heavy atom. The average molecular weight is 404 g/mol. The van der Waals surface area contributed by atoms with Crippen LogP contribution < -0.4 is 11.1 Å². The maximum atomic E-state index is 9.95. The summed E-state index contributed by atoms with van der Waals surface area (Å²) in [5.74, 6) is 1.45. The predicted molar refractivity (Wildman–Crippen MR) is 120 cm³/mol. The number of rotatable bonds is 2. The van der Waals surface area contributed by atoms with Crippen molar-refractivity contribution >= 4 is 11.5 Å². The van der Waals surface area contributed by atoms with Gasteiger partial charge in [0.15, 0.2) is 11.5 Å². The summed E-state index contributed by atoms with van der Waals surface area (Å²) >= 11 is 0. The standard InChI is InChI=1S/C25H20N6/c26-15-20-22(16-8-10-17(11-9-16)25(27)12-4-13-25)31-21-7-3-14-28-23(21)29-19-6-2-1-5-18(19)24(31)30-20/h1-3,5-11,14H,4,12-13,27H2,(H,28,29). The van der Waals surface area contributed by atoms with Crippen molar-refractivity contribution < 1.29 is 0 Å². The van der Waals surface area contributed by atoms with Gasteiger partial charge in [-0.05, 0) is 49.1 Å². The second-order valence-electron chi connectivity index (χ2n) is 8.21. The molecule has 0 unspecified atom stereocenters. The topological polar surface area (TPSA) is 92.5 Å². The van der Waals surface area contributed by atoms with Gasteiger partial charge in [0.2, 0.25) is 0 Å². The van der Waals surface area contributed by atoms with Crippen LogP contribution in [0.25, 0.3) is 28.3 Å². The molecule has 2 aliphatic rings. The monoisotopic (exact) mass is 404 g/mol. The summed E-state index contributed by atoms with van der Waals surface area (Å²) in [7, 11) is 0. The van der Waals surface area contributed by atoms with Gasteiger partial charge >= 0.3 is 0 Å². The van der Waals surface area contributed by atoms with Crippen LogP contribution in [0.3, 0.4) is 0 Å². The van der Waals surface area contributed by atoms with Crippen molar-refractivity contribution in [1.82, 2.24) is 14.5 Å². The smallest absolute Gasteiger partial charge is 0.167 e. The molecule has 0 amide bonds. The summed E-state index contributed by atoms with van der Waals surface area (Å²) in [5, 5.41) is 13.4. The van der Waals surface area contributed by atoms with Crippen molar-refractivity contribution in [2.24, 2.45) is 5.73 Å². The molecule has 0 spiro atoms. The maximum Gasteiger partial charge on any atom is 0.167 e. The lowest BCUT2D eigenvalue weighted by molar-refractivity contribution is 0.253. The molecule has 2 aromatic carbocycles. The summed E-state index contributed by atoms with van der Waals surface area (Å²) in [5.41, 5.74) is 12.2. The molecule has 6 heteroatoms. The lowest BCUT2D eigenvalue weighted by Crippen LogP contribution is -2.43. The number of fused-ring (bicyclic) bond motifs is 5. The van der Waals surface area contributed by atoms with Gasteiger partial charge < -0.3 is 11.1 Å². The Morgan fingerprint density at radius 2 is 1.84 bits per heavy atom. The van der Waals surface area contributed by atoms with Crippen LogP contribution in [-0.4, -0.2) is 14.5 Å². The van der Waals surface area contributed by atoms with Crippen molar-refractivity contribution in [1.29, 1.82) is 5.26 Å². The number of hydrogen-bond donors (Lipinski definition) is 2. The van der Waals surface area contributed by atoms with Crippen LogP contribution in [0.5, 0.6) is 0 Å². The highest BCUT2D eigenvalue weighted by Gasteiger charge is 2.34. The van der Waals surface area contributed by atoms with Gasteiger partial charge in [-0.3, -0.25) is 4.57 Å². The molecule has 1 aliphatic heterocycles. The van der Waals surface area contributed by atoms with Crippen molar-refractivity contribution in [2.75, 3.05) is 5.32 Å². The number of nitriles is 1. The van der Waals surface area contributed by atoms with E-state index in [4.69, 9.17) is 10.7 Å². The molecular weight excluding hydrogens is 384 g/mol. The second kappa shape index (κ2) is 6.53. The first kappa shape index (κ1) is 17.9. The van der Waals surface area contributed by atoms with Crippen LogP contribution in [-0.2, 0) is 5.54 Å². The van der Waals surface area contributed by atoms with Crippen molar-refractivity contribution in [3.8, 4) is 34.4 Å². The first-order valence-corrected chi connectivity index (χ1v) is 10.4. The van der Waals surface area contributed by atoms with Gasteiger partial charge in [0, 0.05) is 22.9 Å². The van der Waals surface area contributed by atoms with Crippen LogP contribution in [0.1, 0.15) is 30.5 Å². The molecule has 1 fully saturated rings. The van der Waals surface area contributed by atoms with Gasteiger partial charge in [0.1, 0.15) is 11.9 Å². The number of hydrogen-bond acceptors (Lipinski definition) is 5. The number of benzene rings is 2. The molecule has 31 heavy (non-hydrogen) atoms. The number of nitrogens with zero attached hydrogens (tertiary/aromatic N) is 4. The Hall–Kier alpha value is -3.95. The summed E-state index contributed by atoms with van der Waals surface area (Å²) in [4.78, 5) is 9.31. The minimum Gasteiger partial charge on any atom is -0.338 e. The molecule has 0 bridgehead atoms. The van der Waals surface area contributed by atoms with Crippen molar-refractivity contribution in [3.63, 3.8) is 0 Å². The molecular formula is C25H20N6. The lowest BCUT2D eigenvalue weighted by Gasteiger charge is -2.38. The summed E-state index contributed by atoms with van der Waals surface area (Å²) in [6, 6.07) is 22.4. The highest BCUT2D eigenvalue weighted by atomic mass is 15.2. The molecule has 0 saturated heterocycles. The molecule has 0 atom stereocenters. The van der Waals surface area contributed by atoms with Crippen LogP contribution >= 0.6 is 0 Å². The number of nitrogens with one attached hydrogen (secondary N) is 1. The minimum atomic E-state index is -0.218. The van der Waals surface area contributed by atoms with E-state index in [1.54, 1.807) is 6.20 Å². The molecule has 2 aromatic heterocycles. The van der Waals surface area contributed by atoms with Crippen LogP contribution in [0.4, 0.5) is 11.5 Å². The van der Waals surface area contributed by atoms with E-state index in [1.807, 2.05) is 53.1 Å². The first-order valence-electron chi connectivity index (χ1n) is 10.4. The SMILES string of the molecule is N#Cc1nc2n(c1-c1ccc(C3(N)CCC3)cc1)-c1cccnc1Nc1ccccc1-2. The Morgan fingerprint density at radius 3 is 2.58 bits per heavy atom. The fraction of sp³-hybridized carbons (Fsp3) is 0.160. The van der Waals surface area contributed by atoms with Gasteiger partial charge in [0.25, 0.3) is 0 Å². The minimum absolute atomic E-state index is 0.218. The van der Waals surface area contributed by atoms with Gasteiger partial charge in [-0.25, -0.2) is 9.97 Å². The van der Waals surface area contributed by atoms with E-state index in [0.717, 1.165) is 58.2 Å². The first-order chi connectivity index (χ1) is 15.2. The third-order valence-corrected chi connectivity index (χ3v) is 6.41. The zero-order chi connectivity index (χ0) is 21.0. The third-order valence-electron chi connectivity index (χ3n) is 6.41. The molecule has 150 valence electrons. The van der Waals surface area contributed by atoms with Crippen LogP contribution in [0.2, 0.25) is 0 Å². The number of anilines is 2. The van der Waals surface area contributed by atoms with Gasteiger partial charge in [-0.1, -0.05) is 36.4 Å². The molecule has 6 nitrogen and oxygen atoms in total. The Balaban J connectivity index is 1.61. The van der Waals surface area contributed by atoms with Gasteiger partial charge in [-0.2, -0.15) is 5.26 Å². The Bertz CT molecular complexity index is 1360. The van der Waals surface area contributed by atoms with E-state index in [1.165, 1.54) is 6.42 Å². The van der Waals surface area contributed by atoms with Crippen LogP contribution in [0, 0.1) is 11.3 Å². The van der Waals surface area contributed by atoms with Gasteiger partial charge in [0.05, 0.1) is 17.1 Å². The van der Waals surface area contributed by atoms with E-state index in [2.05, 4.69) is 28.5 Å². The molecule has 0 radical (unpaired) electrons. The normalized spacial score (nSPS) is 15.4. The highest BCUT2D eigenvalue weighted by Crippen LogP contribution is 2.43. The molecule has 6 rings (SSSR count). The van der Waals surface area contributed by atoms with E-state index in [0.29, 0.717) is 5.69 Å². The second-order valence-corrected chi connectivity index (χ2v) is 8.21. The number of para-hydroxylation sites is 1. The molecule has 1 aliphatic carbocycles. The zero-order valence-corrected chi connectivity index (χ0v) is 16.8. The van der Waals surface area contributed by atoms with E-state index < -0.39 is 0 Å². The number of nitrogens with two attached hydrogens (primary N) is 1. The quantitative estimate of drug-likeness (QED) is 0.438. The number of pyridine rings is 1. The summed E-state index contributed by atoms with van der Waals surface area (Å²) < 4.78 is 2.04. The van der Waals surface area contributed by atoms with E-state index in [9.17, 15) is 5.26 Å². The van der Waals surface area contributed by atoms with Gasteiger partial charge in [-0.15, -0.1) is 0 Å². The molecule has 3 N–H and O–H groups in total. The van der Waals surface area contributed by atoms with E-state index >= 15 is 0 Å². The summed E-state index contributed by atoms with van der Waals surface area (Å²) in [6.45, 7) is 0. The van der Waals surface area contributed by atoms with E-state index in [-0.39, 0.29) is 5.54 Å². The molecule has 1 saturated carbocycles. The molecule has 4 aromatic rings. The highest BCUT2D eigenvalue weighted by molar-refractivity contribution is 5.87. The summed E-state index contributed by atoms with van der Waals surface area (Å²) in [6.07, 6.45) is 4.96. The fourth-order valence-electron chi connectivity index (χ4n) is 4.57. The van der Waals surface area contributed by atoms with Crippen molar-refractivity contribution in [2.45, 2.75) is 24.8 Å². The van der Waals surface area contributed by atoms with Crippen molar-refractivity contribution in [3.05, 3.63) is 78.1 Å². The maximum absolute atomic E-state index is 9.95. The number of aromatic nitrogens is 3. The zero-order valence-electron chi connectivity index (χ0n) is 16.8. The number of imidazole rings is 1. The Kier molecular flexibility index (Phi) is 3.76. The molecule has 3 heterocycles. The largest absolute Gasteiger partial charge is 0.338 e. The lowest BCUT2D eigenvalue weighted by atomic mass is 9.72. The predicted octanol–water partition coefficient (Wildman–Crippen LogP) is 4.87. The van der Waals surface area contributed by atoms with Crippen LogP contribution in [0.15, 0.2) is 66.9 Å². The fourth-order valence-corrected chi connectivity index (χ4v) is 4.57.